The third-order valence-corrected chi connectivity index (χ3v) is 3.05. The van der Waals surface area contributed by atoms with Gasteiger partial charge in [-0.2, -0.15) is 0 Å². The van der Waals surface area contributed by atoms with Gasteiger partial charge in [0.2, 0.25) is 10.0 Å². The molecule has 0 aliphatic rings. The largest absolute Gasteiger partial charge is 0.465 e. The van der Waals surface area contributed by atoms with Crippen LogP contribution in [0.15, 0.2) is 23.1 Å². The molecule has 7 heteroatoms. The molecule has 5 nitrogen and oxygen atoms in total. The van der Waals surface area contributed by atoms with Crippen molar-refractivity contribution in [3.63, 3.8) is 0 Å². The molecule has 82 valence electrons. The molecule has 0 aliphatic carbocycles. The molecule has 0 aliphatic heterocycles. The second-order valence-corrected chi connectivity index (χ2v) is 4.62. The summed E-state index contributed by atoms with van der Waals surface area (Å²) >= 11 is 5.65. The van der Waals surface area contributed by atoms with Gasteiger partial charge < -0.3 is 4.74 Å². The maximum atomic E-state index is 11.1. The zero-order valence-corrected chi connectivity index (χ0v) is 9.30. The number of carbonyl (C=O) groups is 1. The first-order valence-electron chi connectivity index (χ1n) is 3.77. The summed E-state index contributed by atoms with van der Waals surface area (Å²) in [6.07, 6.45) is 0. The maximum absolute atomic E-state index is 11.1. The van der Waals surface area contributed by atoms with Gasteiger partial charge >= 0.3 is 5.97 Å². The SMILES string of the molecule is COC(=O)c1ccc(S(N)(=O)=O)c(Cl)c1. The predicted molar refractivity (Wildman–Crippen MR) is 54.2 cm³/mol. The quantitative estimate of drug-likeness (QED) is 0.785. The van der Waals surface area contributed by atoms with E-state index in [0.717, 1.165) is 6.07 Å². The number of sulfonamides is 1. The number of nitrogens with two attached hydrogens (primary N) is 1. The van der Waals surface area contributed by atoms with E-state index in [2.05, 4.69) is 4.74 Å². The summed E-state index contributed by atoms with van der Waals surface area (Å²) in [4.78, 5) is 10.8. The Balaban J connectivity index is 3.27. The van der Waals surface area contributed by atoms with Crippen LogP contribution in [-0.2, 0) is 14.8 Å². The van der Waals surface area contributed by atoms with Crippen LogP contribution in [0.1, 0.15) is 10.4 Å². The Morgan fingerprint density at radius 2 is 2.07 bits per heavy atom. The number of ether oxygens (including phenoxy) is 1. The van der Waals surface area contributed by atoms with Crippen LogP contribution in [0.3, 0.4) is 0 Å². The zero-order chi connectivity index (χ0) is 11.6. The molecule has 0 aromatic heterocycles. The molecule has 0 saturated carbocycles. The van der Waals surface area contributed by atoms with Crippen molar-refractivity contribution in [2.45, 2.75) is 4.90 Å². The molecule has 0 heterocycles. The number of rotatable bonds is 2. The fourth-order valence-electron chi connectivity index (χ4n) is 0.976. The topological polar surface area (TPSA) is 86.5 Å². The van der Waals surface area contributed by atoms with Crippen molar-refractivity contribution < 1.29 is 17.9 Å². The van der Waals surface area contributed by atoms with Gasteiger partial charge in [0.05, 0.1) is 17.7 Å². The molecule has 0 fully saturated rings. The van der Waals surface area contributed by atoms with Crippen molar-refractivity contribution in [1.29, 1.82) is 0 Å². The van der Waals surface area contributed by atoms with Crippen LogP contribution in [0.25, 0.3) is 0 Å². The minimum absolute atomic E-state index is 0.111. The summed E-state index contributed by atoms with van der Waals surface area (Å²) in [5.41, 5.74) is 0.162. The predicted octanol–water partition coefficient (Wildman–Crippen LogP) is 0.774. The maximum Gasteiger partial charge on any atom is 0.337 e. The minimum atomic E-state index is -3.87. The van der Waals surface area contributed by atoms with Gasteiger partial charge in [-0.05, 0) is 18.2 Å². The molecule has 1 aromatic carbocycles. The number of methoxy groups -OCH3 is 1. The average Bonchev–Trinajstić information content (AvgIpc) is 2.14. The standard InChI is InChI=1S/C8H8ClNO4S/c1-14-8(11)5-2-3-7(6(9)4-5)15(10,12)13/h2-4H,1H3,(H2,10,12,13). The second-order valence-electron chi connectivity index (χ2n) is 2.68. The van der Waals surface area contributed by atoms with E-state index in [0.29, 0.717) is 0 Å². The fourth-order valence-corrected chi connectivity index (χ4v) is 2.07. The first kappa shape index (κ1) is 12.0. The van der Waals surface area contributed by atoms with Crippen molar-refractivity contribution in [1.82, 2.24) is 0 Å². The fraction of sp³-hybridized carbons (Fsp3) is 0.125. The third-order valence-electron chi connectivity index (χ3n) is 1.66. The van der Waals surface area contributed by atoms with E-state index in [9.17, 15) is 13.2 Å². The summed E-state index contributed by atoms with van der Waals surface area (Å²) in [6.45, 7) is 0. The molecule has 0 spiro atoms. The lowest BCUT2D eigenvalue weighted by atomic mass is 10.2. The Hall–Kier alpha value is -1.11. The molecule has 0 radical (unpaired) electrons. The number of hydrogen-bond acceptors (Lipinski definition) is 4. The van der Waals surface area contributed by atoms with Gasteiger partial charge in [0.1, 0.15) is 4.90 Å². The average molecular weight is 250 g/mol. The van der Waals surface area contributed by atoms with Gasteiger partial charge in [-0.1, -0.05) is 11.6 Å². The van der Waals surface area contributed by atoms with Crippen molar-refractivity contribution in [3.8, 4) is 0 Å². The Bertz CT molecular complexity index is 497. The molecule has 1 aromatic rings. The summed E-state index contributed by atoms with van der Waals surface area (Å²) < 4.78 is 26.4. The molecule has 0 unspecified atom stereocenters. The van der Waals surface area contributed by atoms with Crippen molar-refractivity contribution >= 4 is 27.6 Å². The van der Waals surface area contributed by atoms with E-state index < -0.39 is 16.0 Å². The smallest absolute Gasteiger partial charge is 0.337 e. The van der Waals surface area contributed by atoms with E-state index in [1.54, 1.807) is 0 Å². The summed E-state index contributed by atoms with van der Waals surface area (Å²) in [5.74, 6) is -0.599. The Kier molecular flexibility index (Phi) is 3.33. The highest BCUT2D eigenvalue weighted by Gasteiger charge is 2.15. The highest BCUT2D eigenvalue weighted by Crippen LogP contribution is 2.21. The Morgan fingerprint density at radius 3 is 2.47 bits per heavy atom. The molecule has 2 N–H and O–H groups in total. The van der Waals surface area contributed by atoms with Gasteiger partial charge in [-0.3, -0.25) is 0 Å². The number of primary sulfonamides is 1. The highest BCUT2D eigenvalue weighted by atomic mass is 35.5. The molecule has 0 saturated heterocycles. The molecule has 0 amide bonds. The summed E-state index contributed by atoms with van der Waals surface area (Å²) in [5, 5.41) is 4.78. The van der Waals surface area contributed by atoms with Gasteiger partial charge in [0.25, 0.3) is 0 Å². The summed E-state index contributed by atoms with van der Waals surface area (Å²) in [7, 11) is -2.65. The number of halogens is 1. The van der Waals surface area contributed by atoms with E-state index in [1.807, 2.05) is 0 Å². The summed E-state index contributed by atoms with van der Waals surface area (Å²) in [6, 6.07) is 3.62. The van der Waals surface area contributed by atoms with Crippen LogP contribution >= 0.6 is 11.6 Å². The molecule has 0 atom stereocenters. The molecule has 15 heavy (non-hydrogen) atoms. The number of esters is 1. The lowest BCUT2D eigenvalue weighted by Crippen LogP contribution is -2.13. The van der Waals surface area contributed by atoms with Crippen molar-refractivity contribution in [3.05, 3.63) is 28.8 Å². The third kappa shape index (κ3) is 2.68. The number of benzene rings is 1. The van der Waals surface area contributed by atoms with E-state index in [1.165, 1.54) is 19.2 Å². The first-order valence-corrected chi connectivity index (χ1v) is 5.69. The molecular weight excluding hydrogens is 242 g/mol. The van der Waals surface area contributed by atoms with Crippen LogP contribution in [0.5, 0.6) is 0 Å². The molecule has 1 rings (SSSR count). The lowest BCUT2D eigenvalue weighted by molar-refractivity contribution is 0.0600. The lowest BCUT2D eigenvalue weighted by Gasteiger charge is -2.03. The van der Waals surface area contributed by atoms with Crippen molar-refractivity contribution in [2.75, 3.05) is 7.11 Å². The first-order chi connectivity index (χ1) is 6.86. The van der Waals surface area contributed by atoms with Gasteiger partial charge in [0.15, 0.2) is 0 Å². The van der Waals surface area contributed by atoms with Crippen molar-refractivity contribution in [2.24, 2.45) is 5.14 Å². The molecule has 0 bridgehead atoms. The van der Waals surface area contributed by atoms with Crippen LogP contribution in [0.4, 0.5) is 0 Å². The normalized spacial score (nSPS) is 11.1. The van der Waals surface area contributed by atoms with E-state index in [-0.39, 0.29) is 15.5 Å². The second kappa shape index (κ2) is 4.18. The van der Waals surface area contributed by atoms with Gasteiger partial charge in [-0.25, -0.2) is 18.4 Å². The van der Waals surface area contributed by atoms with Crippen LogP contribution < -0.4 is 5.14 Å². The Labute approximate surface area is 91.8 Å². The van der Waals surface area contributed by atoms with Crippen LogP contribution in [0, 0.1) is 0 Å². The monoisotopic (exact) mass is 249 g/mol. The number of carbonyl (C=O) groups excluding carboxylic acids is 1. The van der Waals surface area contributed by atoms with Crippen LogP contribution in [-0.4, -0.2) is 21.5 Å². The van der Waals surface area contributed by atoms with Gasteiger partial charge in [0, 0.05) is 0 Å². The van der Waals surface area contributed by atoms with Gasteiger partial charge in [-0.15, -0.1) is 0 Å². The van der Waals surface area contributed by atoms with E-state index in [4.69, 9.17) is 16.7 Å². The zero-order valence-electron chi connectivity index (χ0n) is 7.73. The van der Waals surface area contributed by atoms with Crippen LogP contribution in [0.2, 0.25) is 5.02 Å². The van der Waals surface area contributed by atoms with E-state index >= 15 is 0 Å². The minimum Gasteiger partial charge on any atom is -0.465 e. The molecular formula is C8H8ClNO4S. The Morgan fingerprint density at radius 1 is 1.47 bits per heavy atom. The number of hydrogen-bond donors (Lipinski definition) is 1. The highest BCUT2D eigenvalue weighted by molar-refractivity contribution is 7.89.